The molecule has 0 bridgehead atoms. The summed E-state index contributed by atoms with van der Waals surface area (Å²) in [5.74, 6) is -0.497. The van der Waals surface area contributed by atoms with E-state index in [2.05, 4.69) is 18.7 Å². The fourth-order valence-corrected chi connectivity index (χ4v) is 9.74. The second-order valence-corrected chi connectivity index (χ2v) is 16.4. The van der Waals surface area contributed by atoms with Crippen LogP contribution in [0.2, 0.25) is 0 Å². The van der Waals surface area contributed by atoms with Gasteiger partial charge in [0.25, 0.3) is 5.91 Å². The summed E-state index contributed by atoms with van der Waals surface area (Å²) >= 11 is 0. The molecule has 2 heterocycles. The van der Waals surface area contributed by atoms with Crippen LogP contribution >= 0.6 is 0 Å². The number of rotatable bonds is 19. The third kappa shape index (κ3) is 9.29. The van der Waals surface area contributed by atoms with Gasteiger partial charge in [0.1, 0.15) is 29.0 Å². The minimum Gasteiger partial charge on any atom is -0.496 e. The number of aliphatic hydroxyl groups excluding tert-OH is 2. The van der Waals surface area contributed by atoms with Gasteiger partial charge < -0.3 is 43.6 Å². The van der Waals surface area contributed by atoms with Crippen molar-refractivity contribution in [2.45, 2.75) is 88.2 Å². The highest BCUT2D eigenvalue weighted by Gasteiger charge is 2.65. The highest BCUT2D eigenvalue weighted by Crippen LogP contribution is 2.62. The molecule has 0 spiro atoms. The fourth-order valence-electron chi connectivity index (χ4n) is 9.74. The molecule has 13 heteroatoms. The van der Waals surface area contributed by atoms with Crippen molar-refractivity contribution in [3.8, 4) is 29.1 Å². The lowest BCUT2D eigenvalue weighted by atomic mass is 9.55. The second kappa shape index (κ2) is 20.6. The molecule has 1 saturated heterocycles. The van der Waals surface area contributed by atoms with Crippen molar-refractivity contribution in [2.24, 2.45) is 22.9 Å². The van der Waals surface area contributed by atoms with Gasteiger partial charge in [-0.1, -0.05) is 30.1 Å². The number of hydrogen-bond acceptors (Lipinski definition) is 12. The monoisotopic (exact) mass is 847 g/mol. The number of likely N-dealkylation sites (N-methyl/N-ethyl adjacent to an activating group) is 1. The Morgan fingerprint density at radius 2 is 1.79 bits per heavy atom. The lowest BCUT2D eigenvalue weighted by Gasteiger charge is -2.59. The van der Waals surface area contributed by atoms with Gasteiger partial charge in [-0.2, -0.15) is 5.26 Å². The van der Waals surface area contributed by atoms with E-state index in [1.54, 1.807) is 60.5 Å². The summed E-state index contributed by atoms with van der Waals surface area (Å²) in [5, 5.41) is 34.2. The Bertz CT molecular complexity index is 2160. The molecule has 1 saturated carbocycles. The summed E-state index contributed by atoms with van der Waals surface area (Å²) in [6, 6.07) is 18.7. The molecule has 7 unspecified atom stereocenters. The minimum absolute atomic E-state index is 0.00313. The van der Waals surface area contributed by atoms with Crippen LogP contribution in [0.15, 0.2) is 90.1 Å². The first-order chi connectivity index (χ1) is 30.3. The standard InChI is InChI=1S/C49H57N3O10/c1-4-24-59-49-44(52(2)48(56)33-16-14-32(30-50)15-17-33)29-41(51-62-45-13-7-10-25-58-45)39-27-34(11-5-8-22-53)38(12-6-9-23-54)46(47(39)49)40-28-37(19-21-43(40)61-49)60-36-18-20-42(57-3)35(26-36)31-55/h4,14-21,26-28,31,34,38,44-47,53-54H,1,5-13,22-25,29H2,2-3H3. The van der Waals surface area contributed by atoms with Crippen LogP contribution in [-0.4, -0.2) is 91.7 Å². The van der Waals surface area contributed by atoms with Crippen LogP contribution in [0.25, 0.3) is 0 Å². The number of unbranched alkanes of at least 4 members (excludes halogenated alkanes) is 2. The molecule has 2 fully saturated rings. The summed E-state index contributed by atoms with van der Waals surface area (Å²) in [4.78, 5) is 34.4. The summed E-state index contributed by atoms with van der Waals surface area (Å²) in [7, 11) is 3.25. The lowest BCUT2D eigenvalue weighted by Crippen LogP contribution is -2.69. The second-order valence-electron chi connectivity index (χ2n) is 16.4. The van der Waals surface area contributed by atoms with E-state index in [-0.39, 0.29) is 49.9 Å². The van der Waals surface area contributed by atoms with Crippen LogP contribution in [0.4, 0.5) is 0 Å². The van der Waals surface area contributed by atoms with Crippen molar-refractivity contribution in [2.75, 3.05) is 40.6 Å². The normalized spacial score (nSPS) is 25.5. The molecule has 7 atom stereocenters. The maximum Gasteiger partial charge on any atom is 0.254 e. The van der Waals surface area contributed by atoms with Crippen LogP contribution < -0.4 is 14.2 Å². The zero-order valence-corrected chi connectivity index (χ0v) is 35.6. The van der Waals surface area contributed by atoms with Crippen molar-refractivity contribution < 1.29 is 48.3 Å². The molecule has 0 aromatic heterocycles. The average Bonchev–Trinajstić information content (AvgIpc) is 3.31. The van der Waals surface area contributed by atoms with E-state index in [0.717, 1.165) is 55.9 Å². The molecule has 3 aromatic rings. The number of ether oxygens (including phenoxy) is 5. The molecule has 1 amide bonds. The third-order valence-electron chi connectivity index (χ3n) is 12.7. The number of hydrogen-bond donors (Lipinski definition) is 2. The van der Waals surface area contributed by atoms with Gasteiger partial charge in [0.05, 0.1) is 49.1 Å². The fraction of sp³-hybridized carbons (Fsp3) is 0.469. The number of carbonyl (C=O) groups excluding carboxylic acids is 2. The largest absolute Gasteiger partial charge is 0.496 e. The number of allylic oxidation sites excluding steroid dienone is 1. The molecule has 2 aliphatic carbocycles. The maximum atomic E-state index is 14.6. The zero-order valence-electron chi connectivity index (χ0n) is 35.6. The molecule has 328 valence electrons. The summed E-state index contributed by atoms with van der Waals surface area (Å²) < 4.78 is 32.1. The number of nitrogens with zero attached hydrogens (tertiary/aromatic N) is 3. The number of oxime groups is 1. The van der Waals surface area contributed by atoms with E-state index in [9.17, 15) is 25.1 Å². The van der Waals surface area contributed by atoms with Gasteiger partial charge >= 0.3 is 0 Å². The summed E-state index contributed by atoms with van der Waals surface area (Å²) in [6.45, 7) is 4.85. The van der Waals surface area contributed by atoms with Gasteiger partial charge in [-0.3, -0.25) is 9.59 Å². The molecular weight excluding hydrogens is 791 g/mol. The number of fused-ring (bicyclic) bond motifs is 2. The smallest absolute Gasteiger partial charge is 0.254 e. The first kappa shape index (κ1) is 44.5. The van der Waals surface area contributed by atoms with Crippen LogP contribution in [0.1, 0.15) is 102 Å². The van der Waals surface area contributed by atoms with Crippen LogP contribution in [0, 0.1) is 29.1 Å². The van der Waals surface area contributed by atoms with Gasteiger partial charge in [0, 0.05) is 50.1 Å². The van der Waals surface area contributed by atoms with E-state index >= 15 is 0 Å². The number of carbonyl (C=O) groups is 2. The molecule has 62 heavy (non-hydrogen) atoms. The Kier molecular flexibility index (Phi) is 14.8. The number of aldehydes is 1. The van der Waals surface area contributed by atoms with Gasteiger partial charge in [0.15, 0.2) is 6.29 Å². The number of nitriles is 1. The third-order valence-corrected chi connectivity index (χ3v) is 12.7. The van der Waals surface area contributed by atoms with E-state index in [0.29, 0.717) is 71.3 Å². The number of aliphatic hydroxyl groups is 2. The van der Waals surface area contributed by atoms with E-state index in [1.807, 2.05) is 18.2 Å². The Morgan fingerprint density at radius 3 is 2.48 bits per heavy atom. The minimum atomic E-state index is -1.45. The molecule has 3 aromatic carbocycles. The van der Waals surface area contributed by atoms with Gasteiger partial charge in [0.2, 0.25) is 12.1 Å². The van der Waals surface area contributed by atoms with Crippen LogP contribution in [-0.2, 0) is 14.3 Å². The highest BCUT2D eigenvalue weighted by atomic mass is 16.8. The van der Waals surface area contributed by atoms with Gasteiger partial charge in [-0.25, -0.2) is 0 Å². The Labute approximate surface area is 363 Å². The Morgan fingerprint density at radius 1 is 1.03 bits per heavy atom. The van der Waals surface area contributed by atoms with Gasteiger partial charge in [-0.15, -0.1) is 6.58 Å². The van der Waals surface area contributed by atoms with Crippen LogP contribution in [0.3, 0.4) is 0 Å². The topological polar surface area (TPSA) is 169 Å². The molecule has 7 rings (SSSR count). The van der Waals surface area contributed by atoms with E-state index in [1.165, 1.54) is 7.11 Å². The number of methoxy groups -OCH3 is 1. The molecular formula is C49H57N3O10. The van der Waals surface area contributed by atoms with Crippen molar-refractivity contribution in [1.29, 1.82) is 5.26 Å². The predicted octanol–water partition coefficient (Wildman–Crippen LogP) is 8.10. The Balaban J connectivity index is 1.42. The van der Waals surface area contributed by atoms with Crippen molar-refractivity contribution in [3.05, 3.63) is 107 Å². The maximum absolute atomic E-state index is 14.6. The first-order valence-corrected chi connectivity index (χ1v) is 21.7. The van der Waals surface area contributed by atoms with Crippen molar-refractivity contribution in [3.63, 3.8) is 0 Å². The van der Waals surface area contributed by atoms with E-state index in [4.69, 9.17) is 33.7 Å². The lowest BCUT2D eigenvalue weighted by molar-refractivity contribution is -0.252. The number of benzene rings is 3. The molecule has 2 aliphatic heterocycles. The molecule has 2 N–H and O–H groups in total. The van der Waals surface area contributed by atoms with Crippen LogP contribution in [0.5, 0.6) is 23.0 Å². The zero-order chi connectivity index (χ0) is 43.6. The Hall–Kier alpha value is -5.52. The molecule has 0 radical (unpaired) electrons. The highest BCUT2D eigenvalue weighted by molar-refractivity contribution is 6.03. The van der Waals surface area contributed by atoms with E-state index < -0.39 is 24.0 Å². The first-order valence-electron chi connectivity index (χ1n) is 21.7. The SMILES string of the molecule is C=CCOC12Oc3ccc(Oc4ccc(OC)c(C=O)c4)cc3C3C(CCCCO)C(CCCCO)C=C(C(=NOC4CCCCO4)CC1N(C)C(=O)c1ccc(C#N)cc1)C32. The van der Waals surface area contributed by atoms with Crippen molar-refractivity contribution >= 4 is 17.9 Å². The average molecular weight is 848 g/mol. The summed E-state index contributed by atoms with van der Waals surface area (Å²) in [6.07, 6.45) is 11.4. The van der Waals surface area contributed by atoms with Gasteiger partial charge in [-0.05, 0) is 117 Å². The summed E-state index contributed by atoms with van der Waals surface area (Å²) in [5.41, 5.74) is 3.65. The van der Waals surface area contributed by atoms with Crippen molar-refractivity contribution in [1.82, 2.24) is 4.90 Å². The quantitative estimate of drug-likeness (QED) is 0.0517. The molecule has 13 nitrogen and oxygen atoms in total. The molecule has 4 aliphatic rings. The predicted molar refractivity (Wildman–Crippen MR) is 231 cm³/mol. The number of amides is 1.